The highest BCUT2D eigenvalue weighted by Crippen LogP contribution is 2.01. The molecule has 2 saturated heterocycles. The standard InChI is InChI=1S/C12H23N3O3/c1-14(9-11-8-13-2-5-18-11)10-12(16)15-3-6-17-7-4-15/h11,13H,2-10H2,1H3. The summed E-state index contributed by atoms with van der Waals surface area (Å²) in [5.41, 5.74) is 0. The maximum absolute atomic E-state index is 12.0. The molecule has 6 nitrogen and oxygen atoms in total. The normalized spacial score (nSPS) is 25.4. The Labute approximate surface area is 108 Å². The monoisotopic (exact) mass is 257 g/mol. The number of carbonyl (C=O) groups is 1. The second kappa shape index (κ2) is 7.04. The van der Waals surface area contributed by atoms with E-state index in [1.165, 1.54) is 0 Å². The number of likely N-dealkylation sites (N-methyl/N-ethyl adjacent to an activating group) is 1. The van der Waals surface area contributed by atoms with Crippen LogP contribution in [0.4, 0.5) is 0 Å². The first-order valence-electron chi connectivity index (χ1n) is 6.62. The van der Waals surface area contributed by atoms with E-state index in [0.29, 0.717) is 32.8 Å². The average molecular weight is 257 g/mol. The van der Waals surface area contributed by atoms with Gasteiger partial charge in [-0.2, -0.15) is 0 Å². The topological polar surface area (TPSA) is 54.0 Å². The molecule has 1 unspecified atom stereocenters. The van der Waals surface area contributed by atoms with Gasteiger partial charge < -0.3 is 19.7 Å². The maximum atomic E-state index is 12.0. The second-order valence-corrected chi connectivity index (χ2v) is 4.89. The lowest BCUT2D eigenvalue weighted by molar-refractivity contribution is -0.136. The van der Waals surface area contributed by atoms with Crippen molar-refractivity contribution in [3.63, 3.8) is 0 Å². The summed E-state index contributed by atoms with van der Waals surface area (Å²) in [5, 5.41) is 3.29. The first kappa shape index (κ1) is 13.7. The smallest absolute Gasteiger partial charge is 0.236 e. The Morgan fingerprint density at radius 3 is 2.83 bits per heavy atom. The zero-order valence-corrected chi connectivity index (χ0v) is 11.1. The highest BCUT2D eigenvalue weighted by atomic mass is 16.5. The summed E-state index contributed by atoms with van der Waals surface area (Å²) in [7, 11) is 1.97. The fourth-order valence-electron chi connectivity index (χ4n) is 2.29. The van der Waals surface area contributed by atoms with Crippen molar-refractivity contribution in [2.45, 2.75) is 6.10 Å². The van der Waals surface area contributed by atoms with E-state index in [2.05, 4.69) is 5.32 Å². The molecule has 0 radical (unpaired) electrons. The van der Waals surface area contributed by atoms with Crippen molar-refractivity contribution >= 4 is 5.91 Å². The van der Waals surface area contributed by atoms with Crippen LogP contribution in [0.3, 0.4) is 0 Å². The van der Waals surface area contributed by atoms with Crippen LogP contribution in [0.15, 0.2) is 0 Å². The van der Waals surface area contributed by atoms with E-state index in [9.17, 15) is 4.79 Å². The SMILES string of the molecule is CN(CC(=O)N1CCOCC1)CC1CNCCO1. The Kier molecular flexibility index (Phi) is 5.37. The first-order chi connectivity index (χ1) is 8.75. The summed E-state index contributed by atoms with van der Waals surface area (Å²) in [6, 6.07) is 0. The molecular formula is C12H23N3O3. The lowest BCUT2D eigenvalue weighted by Gasteiger charge is -2.31. The molecule has 2 heterocycles. The average Bonchev–Trinajstić information content (AvgIpc) is 2.40. The summed E-state index contributed by atoms with van der Waals surface area (Å²) in [5.74, 6) is 0.185. The second-order valence-electron chi connectivity index (χ2n) is 4.89. The molecule has 18 heavy (non-hydrogen) atoms. The summed E-state index contributed by atoms with van der Waals surface area (Å²) in [6.45, 7) is 6.56. The van der Waals surface area contributed by atoms with Gasteiger partial charge >= 0.3 is 0 Å². The van der Waals surface area contributed by atoms with Gasteiger partial charge in [-0.25, -0.2) is 0 Å². The van der Waals surface area contributed by atoms with Crippen molar-refractivity contribution in [2.24, 2.45) is 0 Å². The molecule has 2 rings (SSSR count). The number of nitrogens with zero attached hydrogens (tertiary/aromatic N) is 2. The van der Waals surface area contributed by atoms with E-state index in [4.69, 9.17) is 9.47 Å². The minimum atomic E-state index is 0.185. The first-order valence-corrected chi connectivity index (χ1v) is 6.62. The van der Waals surface area contributed by atoms with Gasteiger partial charge in [0, 0.05) is 32.7 Å². The number of carbonyl (C=O) groups excluding carboxylic acids is 1. The lowest BCUT2D eigenvalue weighted by atomic mass is 10.3. The van der Waals surface area contributed by atoms with Gasteiger partial charge in [-0.1, -0.05) is 0 Å². The highest BCUT2D eigenvalue weighted by Gasteiger charge is 2.20. The third-order valence-electron chi connectivity index (χ3n) is 3.29. The lowest BCUT2D eigenvalue weighted by Crippen LogP contribution is -2.48. The molecule has 1 amide bonds. The zero-order chi connectivity index (χ0) is 12.8. The van der Waals surface area contributed by atoms with E-state index < -0.39 is 0 Å². The Morgan fingerprint density at radius 2 is 2.17 bits per heavy atom. The summed E-state index contributed by atoms with van der Waals surface area (Å²) in [4.78, 5) is 15.9. The molecule has 104 valence electrons. The van der Waals surface area contributed by atoms with Crippen molar-refractivity contribution in [1.29, 1.82) is 0 Å². The molecule has 0 aromatic heterocycles. The number of amides is 1. The molecule has 0 bridgehead atoms. The summed E-state index contributed by atoms with van der Waals surface area (Å²) in [6.07, 6.45) is 0.196. The molecule has 0 saturated carbocycles. The van der Waals surface area contributed by atoms with Crippen molar-refractivity contribution in [3.05, 3.63) is 0 Å². The largest absolute Gasteiger partial charge is 0.378 e. The van der Waals surface area contributed by atoms with Crippen molar-refractivity contribution in [3.8, 4) is 0 Å². The van der Waals surface area contributed by atoms with Crippen LogP contribution in [-0.2, 0) is 14.3 Å². The predicted molar refractivity (Wildman–Crippen MR) is 67.5 cm³/mol. The fraction of sp³-hybridized carbons (Fsp3) is 0.917. The molecule has 2 fully saturated rings. The molecule has 0 aromatic carbocycles. The van der Waals surface area contributed by atoms with Gasteiger partial charge in [0.25, 0.3) is 0 Å². The van der Waals surface area contributed by atoms with Gasteiger partial charge in [0.15, 0.2) is 0 Å². The van der Waals surface area contributed by atoms with Gasteiger partial charge in [-0.3, -0.25) is 9.69 Å². The Morgan fingerprint density at radius 1 is 1.39 bits per heavy atom. The number of hydrogen-bond donors (Lipinski definition) is 1. The Bertz CT molecular complexity index is 263. The maximum Gasteiger partial charge on any atom is 0.236 e. The molecule has 0 aromatic rings. The van der Waals surface area contributed by atoms with E-state index >= 15 is 0 Å². The third-order valence-corrected chi connectivity index (χ3v) is 3.29. The molecule has 6 heteroatoms. The van der Waals surface area contributed by atoms with Crippen LogP contribution in [0.1, 0.15) is 0 Å². The molecule has 1 N–H and O–H groups in total. The van der Waals surface area contributed by atoms with Crippen molar-refractivity contribution in [2.75, 3.05) is 66.1 Å². The van der Waals surface area contributed by atoms with Gasteiger partial charge in [-0.15, -0.1) is 0 Å². The van der Waals surface area contributed by atoms with E-state index in [0.717, 1.165) is 26.2 Å². The minimum Gasteiger partial charge on any atom is -0.378 e. The van der Waals surface area contributed by atoms with Crippen LogP contribution in [0.2, 0.25) is 0 Å². The zero-order valence-electron chi connectivity index (χ0n) is 11.1. The van der Waals surface area contributed by atoms with E-state index in [1.807, 2.05) is 16.8 Å². The number of nitrogens with one attached hydrogen (secondary N) is 1. The predicted octanol–water partition coefficient (Wildman–Crippen LogP) is -1.23. The molecule has 0 aliphatic carbocycles. The fourth-order valence-corrected chi connectivity index (χ4v) is 2.29. The van der Waals surface area contributed by atoms with E-state index in [-0.39, 0.29) is 12.0 Å². The highest BCUT2D eigenvalue weighted by molar-refractivity contribution is 5.78. The molecule has 2 aliphatic rings. The van der Waals surface area contributed by atoms with Crippen LogP contribution in [0.25, 0.3) is 0 Å². The molecular weight excluding hydrogens is 234 g/mol. The number of ether oxygens (including phenoxy) is 2. The van der Waals surface area contributed by atoms with Gasteiger partial charge in [-0.05, 0) is 7.05 Å². The van der Waals surface area contributed by atoms with Crippen molar-refractivity contribution < 1.29 is 14.3 Å². The number of morpholine rings is 2. The Hall–Kier alpha value is -0.690. The third kappa shape index (κ3) is 4.20. The quantitative estimate of drug-likeness (QED) is 0.683. The summed E-state index contributed by atoms with van der Waals surface area (Å²) < 4.78 is 10.9. The Balaban J connectivity index is 1.68. The van der Waals surface area contributed by atoms with E-state index in [1.54, 1.807) is 0 Å². The van der Waals surface area contributed by atoms with Crippen LogP contribution in [0, 0.1) is 0 Å². The van der Waals surface area contributed by atoms with Crippen LogP contribution in [0.5, 0.6) is 0 Å². The van der Waals surface area contributed by atoms with Gasteiger partial charge in [0.1, 0.15) is 0 Å². The minimum absolute atomic E-state index is 0.185. The molecule has 1 atom stereocenters. The van der Waals surface area contributed by atoms with Crippen molar-refractivity contribution in [1.82, 2.24) is 15.1 Å². The summed E-state index contributed by atoms with van der Waals surface area (Å²) >= 11 is 0. The number of rotatable bonds is 4. The van der Waals surface area contributed by atoms with Gasteiger partial charge in [0.2, 0.25) is 5.91 Å². The van der Waals surface area contributed by atoms with Crippen LogP contribution < -0.4 is 5.32 Å². The van der Waals surface area contributed by atoms with Crippen LogP contribution in [-0.4, -0.2) is 87.9 Å². The molecule has 0 spiro atoms. The molecule has 2 aliphatic heterocycles. The number of hydrogen-bond acceptors (Lipinski definition) is 5. The van der Waals surface area contributed by atoms with Gasteiger partial charge in [0.05, 0.1) is 32.5 Å². The van der Waals surface area contributed by atoms with Crippen LogP contribution >= 0.6 is 0 Å².